The molecule has 470 valence electrons. The highest BCUT2D eigenvalue weighted by atomic mass is 16.6. The molecule has 0 heterocycles. The fourth-order valence-electron chi connectivity index (χ4n) is 10.4. The molecule has 0 aliphatic carbocycles. The van der Waals surface area contributed by atoms with Crippen LogP contribution in [-0.4, -0.2) is 37.2 Å². The maximum atomic E-state index is 13.0. The molecule has 0 aliphatic rings. The van der Waals surface area contributed by atoms with Crippen LogP contribution >= 0.6 is 0 Å². The summed E-state index contributed by atoms with van der Waals surface area (Å²) in [5, 5.41) is 0. The first-order valence-corrected chi connectivity index (χ1v) is 35.4. The van der Waals surface area contributed by atoms with Crippen molar-refractivity contribution in [3.8, 4) is 0 Å². The topological polar surface area (TPSA) is 78.9 Å². The summed E-state index contributed by atoms with van der Waals surface area (Å²) in [4.78, 5) is 38.5. The summed E-state index contributed by atoms with van der Waals surface area (Å²) in [6, 6.07) is 0. The van der Waals surface area contributed by atoms with Crippen LogP contribution in [0.1, 0.15) is 367 Å². The van der Waals surface area contributed by atoms with Crippen LogP contribution in [0.4, 0.5) is 0 Å². The van der Waals surface area contributed by atoms with Crippen molar-refractivity contribution in [2.45, 2.75) is 374 Å². The lowest BCUT2D eigenvalue weighted by molar-refractivity contribution is -0.167. The summed E-state index contributed by atoms with van der Waals surface area (Å²) in [6.45, 7) is 6.56. The SMILES string of the molecule is CC/C=C\C/C=C\C/C=C\CCCCCCCC(=O)OCC(COC(=O)CCCCCCCCCCCCCCC/C=C\CCCCCCCCCC)OC(=O)CCCCCCCCCCCCC/C=C\C/C=C\CCCCCCC. The Hall–Kier alpha value is -3.15. The number of hydrogen-bond acceptors (Lipinski definition) is 6. The van der Waals surface area contributed by atoms with Crippen LogP contribution in [0.5, 0.6) is 0 Å². The minimum atomic E-state index is -0.785. The fraction of sp³-hybridized carbons (Fsp3) is 0.800. The predicted octanol–water partition coefficient (Wildman–Crippen LogP) is 24.4. The van der Waals surface area contributed by atoms with Gasteiger partial charge in [-0.2, -0.15) is 0 Å². The van der Waals surface area contributed by atoms with Gasteiger partial charge in [-0.25, -0.2) is 0 Å². The number of carbonyl (C=O) groups excluding carboxylic acids is 3. The van der Waals surface area contributed by atoms with E-state index in [1.165, 1.54) is 225 Å². The van der Waals surface area contributed by atoms with Crippen molar-refractivity contribution in [3.05, 3.63) is 72.9 Å². The highest BCUT2D eigenvalue weighted by Gasteiger charge is 2.19. The van der Waals surface area contributed by atoms with E-state index in [4.69, 9.17) is 14.2 Å². The Labute approximate surface area is 503 Å². The molecule has 0 amide bonds. The summed E-state index contributed by atoms with van der Waals surface area (Å²) in [5.41, 5.74) is 0. The second-order valence-electron chi connectivity index (χ2n) is 23.8. The number of carbonyl (C=O) groups is 3. The molecule has 6 nitrogen and oxygen atoms in total. The summed E-state index contributed by atoms with van der Waals surface area (Å²) in [6.07, 6.45) is 90.7. The second-order valence-corrected chi connectivity index (χ2v) is 23.8. The van der Waals surface area contributed by atoms with Gasteiger partial charge in [0.15, 0.2) is 6.10 Å². The molecule has 1 unspecified atom stereocenters. The lowest BCUT2D eigenvalue weighted by Gasteiger charge is -2.18. The maximum Gasteiger partial charge on any atom is 0.306 e. The third-order valence-corrected chi connectivity index (χ3v) is 15.7. The van der Waals surface area contributed by atoms with E-state index in [2.05, 4.69) is 93.7 Å². The first-order valence-electron chi connectivity index (χ1n) is 35.4. The molecule has 0 aromatic carbocycles. The number of rotatable bonds is 65. The van der Waals surface area contributed by atoms with E-state index in [-0.39, 0.29) is 31.1 Å². The highest BCUT2D eigenvalue weighted by molar-refractivity contribution is 5.71. The zero-order chi connectivity index (χ0) is 58.5. The van der Waals surface area contributed by atoms with Crippen molar-refractivity contribution < 1.29 is 28.6 Å². The van der Waals surface area contributed by atoms with Crippen molar-refractivity contribution in [1.29, 1.82) is 0 Å². The molecule has 0 aromatic heterocycles. The van der Waals surface area contributed by atoms with Gasteiger partial charge in [0.2, 0.25) is 0 Å². The zero-order valence-corrected chi connectivity index (χ0v) is 54.1. The monoisotopic (exact) mass is 1130 g/mol. The van der Waals surface area contributed by atoms with Gasteiger partial charge >= 0.3 is 17.9 Å². The van der Waals surface area contributed by atoms with E-state index >= 15 is 0 Å². The van der Waals surface area contributed by atoms with Crippen LogP contribution in [0.2, 0.25) is 0 Å². The van der Waals surface area contributed by atoms with Crippen molar-refractivity contribution in [1.82, 2.24) is 0 Å². The molecule has 0 bridgehead atoms. The Kier molecular flexibility index (Phi) is 66.6. The number of unbranched alkanes of at least 4 members (excludes halogenated alkanes) is 42. The van der Waals surface area contributed by atoms with E-state index in [0.717, 1.165) is 103 Å². The molecule has 0 saturated heterocycles. The van der Waals surface area contributed by atoms with Crippen LogP contribution in [0, 0.1) is 0 Å². The number of ether oxygens (including phenoxy) is 3. The first-order chi connectivity index (χ1) is 40.0. The van der Waals surface area contributed by atoms with Gasteiger partial charge < -0.3 is 14.2 Å². The summed E-state index contributed by atoms with van der Waals surface area (Å²) >= 11 is 0. The molecule has 0 saturated carbocycles. The molecular weight excluding hydrogens is 997 g/mol. The minimum Gasteiger partial charge on any atom is -0.462 e. The van der Waals surface area contributed by atoms with Gasteiger partial charge in [0, 0.05) is 19.3 Å². The van der Waals surface area contributed by atoms with Crippen LogP contribution in [0.25, 0.3) is 0 Å². The summed E-state index contributed by atoms with van der Waals surface area (Å²) < 4.78 is 17.0. The largest absolute Gasteiger partial charge is 0.462 e. The normalized spacial score (nSPS) is 12.5. The molecule has 81 heavy (non-hydrogen) atoms. The van der Waals surface area contributed by atoms with Gasteiger partial charge in [-0.1, -0.05) is 312 Å². The van der Waals surface area contributed by atoms with Crippen LogP contribution in [0.15, 0.2) is 72.9 Å². The molecule has 0 radical (unpaired) electrons. The molecule has 0 fully saturated rings. The smallest absolute Gasteiger partial charge is 0.306 e. The minimum absolute atomic E-state index is 0.0794. The Morgan fingerprint density at radius 2 is 0.481 bits per heavy atom. The number of allylic oxidation sites excluding steroid dienone is 12. The Balaban J connectivity index is 4.30. The van der Waals surface area contributed by atoms with Crippen molar-refractivity contribution in [2.75, 3.05) is 13.2 Å². The van der Waals surface area contributed by atoms with Crippen LogP contribution < -0.4 is 0 Å². The van der Waals surface area contributed by atoms with Crippen molar-refractivity contribution in [3.63, 3.8) is 0 Å². The van der Waals surface area contributed by atoms with Crippen LogP contribution in [-0.2, 0) is 28.6 Å². The Morgan fingerprint density at radius 3 is 0.765 bits per heavy atom. The average Bonchev–Trinajstić information content (AvgIpc) is 3.47. The van der Waals surface area contributed by atoms with Crippen molar-refractivity contribution >= 4 is 17.9 Å². The third-order valence-electron chi connectivity index (χ3n) is 15.7. The van der Waals surface area contributed by atoms with E-state index in [1.807, 2.05) is 0 Å². The van der Waals surface area contributed by atoms with E-state index in [9.17, 15) is 14.4 Å². The average molecular weight is 1130 g/mol. The summed E-state index contributed by atoms with van der Waals surface area (Å²) in [7, 11) is 0. The molecule has 1 atom stereocenters. The maximum absolute atomic E-state index is 13.0. The first kappa shape index (κ1) is 77.9. The molecule has 0 aromatic rings. The molecule has 0 aliphatic heterocycles. The lowest BCUT2D eigenvalue weighted by atomic mass is 10.0. The standard InChI is InChI=1S/C75H134O6/c1-4-7-10-13-16-19-22-25-28-30-32-34-36-37-39-40-42-44-47-50-53-56-59-62-65-68-74(77)80-71-72(70-79-73(76)67-64-61-58-55-52-49-46-27-24-21-18-15-12-9-6-3)81-75(78)69-66-63-60-57-54-51-48-45-43-41-38-35-33-31-29-26-23-20-17-14-11-8-5-2/h9,12,18,21,23,26-27,30-33,46,72H,4-8,10-11,13-17,19-20,22,24-25,28-29,34-45,47-71H2,1-3H3/b12-9-,21-18-,26-23-,32-30-,33-31-,46-27-. The van der Waals surface area contributed by atoms with Gasteiger partial charge in [0.05, 0.1) is 0 Å². The fourth-order valence-corrected chi connectivity index (χ4v) is 10.4. The lowest BCUT2D eigenvalue weighted by Crippen LogP contribution is -2.30. The van der Waals surface area contributed by atoms with Gasteiger partial charge in [0.25, 0.3) is 0 Å². The number of esters is 3. The van der Waals surface area contributed by atoms with Crippen molar-refractivity contribution in [2.24, 2.45) is 0 Å². The molecule has 0 spiro atoms. The van der Waals surface area contributed by atoms with Gasteiger partial charge in [-0.15, -0.1) is 0 Å². The zero-order valence-electron chi connectivity index (χ0n) is 54.1. The molecule has 6 heteroatoms. The molecular formula is C75H134O6. The number of hydrogen-bond donors (Lipinski definition) is 0. The van der Waals surface area contributed by atoms with Gasteiger partial charge in [-0.3, -0.25) is 14.4 Å². The summed E-state index contributed by atoms with van der Waals surface area (Å²) in [5.74, 6) is -0.879. The highest BCUT2D eigenvalue weighted by Crippen LogP contribution is 2.17. The van der Waals surface area contributed by atoms with E-state index in [1.54, 1.807) is 0 Å². The second kappa shape index (κ2) is 69.3. The third kappa shape index (κ3) is 67.5. The van der Waals surface area contributed by atoms with Gasteiger partial charge in [-0.05, 0) is 109 Å². The van der Waals surface area contributed by atoms with Gasteiger partial charge in [0.1, 0.15) is 13.2 Å². The van der Waals surface area contributed by atoms with E-state index in [0.29, 0.717) is 19.3 Å². The van der Waals surface area contributed by atoms with Crippen LogP contribution in [0.3, 0.4) is 0 Å². The van der Waals surface area contributed by atoms with E-state index < -0.39 is 6.10 Å². The molecule has 0 N–H and O–H groups in total. The predicted molar refractivity (Wildman–Crippen MR) is 353 cm³/mol. The Morgan fingerprint density at radius 1 is 0.259 bits per heavy atom. The Bertz CT molecular complexity index is 1490. The quantitative estimate of drug-likeness (QED) is 0.0261. The molecule has 0 rings (SSSR count).